The van der Waals surface area contributed by atoms with E-state index in [1.165, 1.54) is 6.07 Å². The summed E-state index contributed by atoms with van der Waals surface area (Å²) in [6.07, 6.45) is 0.574. The Morgan fingerprint density at radius 3 is 2.50 bits per heavy atom. The zero-order chi connectivity index (χ0) is 14.5. The Hall–Kier alpha value is -2.40. The summed E-state index contributed by atoms with van der Waals surface area (Å²) in [5.41, 5.74) is 1.82. The van der Waals surface area contributed by atoms with Crippen molar-refractivity contribution in [3.8, 4) is 11.5 Å². The highest BCUT2D eigenvalue weighted by atomic mass is 16.6. The van der Waals surface area contributed by atoms with E-state index in [0.29, 0.717) is 12.2 Å². The minimum absolute atomic E-state index is 0.0602. The number of nitro groups is 1. The first-order valence-electron chi connectivity index (χ1n) is 6.23. The van der Waals surface area contributed by atoms with Gasteiger partial charge < -0.3 is 9.84 Å². The molecule has 2 rings (SSSR count). The second kappa shape index (κ2) is 6.16. The number of aryl methyl sites for hydroxylation is 1. The Morgan fingerprint density at radius 2 is 1.90 bits per heavy atom. The SMILES string of the molecule is Cc1ccc([N+](=O)[O-])c(Oc2ccc(CCO)cc2)c1. The highest BCUT2D eigenvalue weighted by Crippen LogP contribution is 2.32. The summed E-state index contributed by atoms with van der Waals surface area (Å²) in [6.45, 7) is 1.94. The molecule has 0 aliphatic rings. The quantitative estimate of drug-likeness (QED) is 0.670. The summed E-state index contributed by atoms with van der Waals surface area (Å²) in [5, 5.41) is 19.8. The summed E-state index contributed by atoms with van der Waals surface area (Å²) in [7, 11) is 0. The number of benzene rings is 2. The minimum Gasteiger partial charge on any atom is -0.450 e. The normalized spacial score (nSPS) is 10.3. The third-order valence-corrected chi connectivity index (χ3v) is 2.86. The van der Waals surface area contributed by atoms with E-state index >= 15 is 0 Å². The second-order valence-electron chi connectivity index (χ2n) is 4.45. The molecular weight excluding hydrogens is 258 g/mol. The van der Waals surface area contributed by atoms with E-state index in [-0.39, 0.29) is 18.0 Å². The van der Waals surface area contributed by atoms with Gasteiger partial charge in [0.05, 0.1) is 4.92 Å². The average Bonchev–Trinajstić information content (AvgIpc) is 2.41. The maximum Gasteiger partial charge on any atom is 0.311 e. The Kier molecular flexibility index (Phi) is 4.32. The number of hydrogen-bond donors (Lipinski definition) is 1. The number of ether oxygens (including phenoxy) is 1. The molecule has 2 aromatic carbocycles. The van der Waals surface area contributed by atoms with Crippen LogP contribution >= 0.6 is 0 Å². The van der Waals surface area contributed by atoms with Crippen LogP contribution in [-0.2, 0) is 6.42 Å². The molecule has 0 saturated heterocycles. The van der Waals surface area contributed by atoms with Gasteiger partial charge in [-0.3, -0.25) is 10.1 Å². The molecular formula is C15H15NO4. The number of hydrogen-bond acceptors (Lipinski definition) is 4. The molecule has 0 heterocycles. The van der Waals surface area contributed by atoms with E-state index in [0.717, 1.165) is 11.1 Å². The van der Waals surface area contributed by atoms with E-state index < -0.39 is 4.92 Å². The van der Waals surface area contributed by atoms with Crippen molar-refractivity contribution in [2.45, 2.75) is 13.3 Å². The van der Waals surface area contributed by atoms with E-state index in [1.807, 2.05) is 19.1 Å². The summed E-state index contributed by atoms with van der Waals surface area (Å²) >= 11 is 0. The fourth-order valence-corrected chi connectivity index (χ4v) is 1.83. The van der Waals surface area contributed by atoms with Crippen molar-refractivity contribution in [2.75, 3.05) is 6.61 Å². The molecule has 20 heavy (non-hydrogen) atoms. The predicted octanol–water partition coefficient (Wildman–Crippen LogP) is 3.23. The molecule has 2 aromatic rings. The number of aliphatic hydroxyl groups excluding tert-OH is 1. The van der Waals surface area contributed by atoms with Crippen LogP contribution in [-0.4, -0.2) is 16.6 Å². The minimum atomic E-state index is -0.463. The van der Waals surface area contributed by atoms with E-state index in [1.54, 1.807) is 24.3 Å². The number of aliphatic hydroxyl groups is 1. The van der Waals surface area contributed by atoms with Crippen LogP contribution < -0.4 is 4.74 Å². The van der Waals surface area contributed by atoms with Crippen LogP contribution in [0.25, 0.3) is 0 Å². The number of nitro benzene ring substituents is 1. The van der Waals surface area contributed by atoms with Crippen molar-refractivity contribution in [3.63, 3.8) is 0 Å². The van der Waals surface area contributed by atoms with E-state index in [2.05, 4.69) is 0 Å². The Balaban J connectivity index is 2.25. The molecule has 0 fully saturated rings. The monoisotopic (exact) mass is 273 g/mol. The molecule has 0 amide bonds. The van der Waals surface area contributed by atoms with Crippen LogP contribution in [0.15, 0.2) is 42.5 Å². The highest BCUT2D eigenvalue weighted by Gasteiger charge is 2.15. The standard InChI is InChI=1S/C15H15NO4/c1-11-2-7-14(16(18)19)15(10-11)20-13-5-3-12(4-6-13)8-9-17/h2-7,10,17H,8-9H2,1H3. The predicted molar refractivity (Wildman–Crippen MR) is 75.1 cm³/mol. The summed E-state index contributed by atoms with van der Waals surface area (Å²) in [4.78, 5) is 10.5. The zero-order valence-electron chi connectivity index (χ0n) is 11.1. The topological polar surface area (TPSA) is 72.6 Å². The lowest BCUT2D eigenvalue weighted by molar-refractivity contribution is -0.385. The van der Waals surface area contributed by atoms with Crippen molar-refractivity contribution >= 4 is 5.69 Å². The average molecular weight is 273 g/mol. The zero-order valence-corrected chi connectivity index (χ0v) is 11.1. The molecule has 0 saturated carbocycles. The van der Waals surface area contributed by atoms with Crippen molar-refractivity contribution in [3.05, 3.63) is 63.7 Å². The van der Waals surface area contributed by atoms with Gasteiger partial charge in [0.1, 0.15) is 5.75 Å². The van der Waals surface area contributed by atoms with E-state index in [9.17, 15) is 10.1 Å². The lowest BCUT2D eigenvalue weighted by atomic mass is 10.1. The Labute approximate surface area is 116 Å². The van der Waals surface area contributed by atoms with Gasteiger partial charge >= 0.3 is 5.69 Å². The van der Waals surface area contributed by atoms with Crippen molar-refractivity contribution in [2.24, 2.45) is 0 Å². The van der Waals surface area contributed by atoms with Crippen LogP contribution in [0, 0.1) is 17.0 Å². The fourth-order valence-electron chi connectivity index (χ4n) is 1.83. The molecule has 0 atom stereocenters. The maximum absolute atomic E-state index is 11.0. The first-order valence-corrected chi connectivity index (χ1v) is 6.23. The molecule has 0 radical (unpaired) electrons. The van der Waals surface area contributed by atoms with Crippen LogP contribution in [0.2, 0.25) is 0 Å². The van der Waals surface area contributed by atoms with Gasteiger partial charge in [-0.15, -0.1) is 0 Å². The molecule has 0 bridgehead atoms. The molecule has 5 nitrogen and oxygen atoms in total. The van der Waals surface area contributed by atoms with Crippen LogP contribution in [0.1, 0.15) is 11.1 Å². The lowest BCUT2D eigenvalue weighted by Crippen LogP contribution is -1.94. The van der Waals surface area contributed by atoms with Gasteiger partial charge in [0.15, 0.2) is 0 Å². The number of nitrogens with zero attached hydrogens (tertiary/aromatic N) is 1. The number of rotatable bonds is 5. The fraction of sp³-hybridized carbons (Fsp3) is 0.200. The van der Waals surface area contributed by atoms with E-state index in [4.69, 9.17) is 9.84 Å². The van der Waals surface area contributed by atoms with Crippen LogP contribution in [0.3, 0.4) is 0 Å². The smallest absolute Gasteiger partial charge is 0.311 e. The molecule has 1 N–H and O–H groups in total. The largest absolute Gasteiger partial charge is 0.450 e. The first-order chi connectivity index (χ1) is 9.60. The van der Waals surface area contributed by atoms with Gasteiger partial charge in [-0.25, -0.2) is 0 Å². The maximum atomic E-state index is 11.0. The van der Waals surface area contributed by atoms with Gasteiger partial charge in [-0.2, -0.15) is 0 Å². The molecule has 0 spiro atoms. The van der Waals surface area contributed by atoms with Gasteiger partial charge in [0.2, 0.25) is 5.75 Å². The van der Waals surface area contributed by atoms with Gasteiger partial charge in [-0.05, 0) is 42.7 Å². The van der Waals surface area contributed by atoms with Gasteiger partial charge in [0, 0.05) is 12.7 Å². The van der Waals surface area contributed by atoms with Gasteiger partial charge in [0.25, 0.3) is 0 Å². The molecule has 0 aliphatic carbocycles. The lowest BCUT2D eigenvalue weighted by Gasteiger charge is -2.08. The highest BCUT2D eigenvalue weighted by molar-refractivity contribution is 5.50. The first kappa shape index (κ1) is 14.0. The van der Waals surface area contributed by atoms with Crippen molar-refractivity contribution < 1.29 is 14.8 Å². The second-order valence-corrected chi connectivity index (χ2v) is 4.45. The summed E-state index contributed by atoms with van der Waals surface area (Å²) < 4.78 is 5.58. The molecule has 0 aliphatic heterocycles. The molecule has 0 aromatic heterocycles. The summed E-state index contributed by atoms with van der Waals surface area (Å²) in [5.74, 6) is 0.755. The summed E-state index contributed by atoms with van der Waals surface area (Å²) in [6, 6.07) is 11.9. The molecule has 104 valence electrons. The Morgan fingerprint density at radius 1 is 1.20 bits per heavy atom. The third kappa shape index (κ3) is 3.33. The van der Waals surface area contributed by atoms with Crippen molar-refractivity contribution in [1.29, 1.82) is 0 Å². The van der Waals surface area contributed by atoms with Crippen LogP contribution in [0.5, 0.6) is 11.5 Å². The Bertz CT molecular complexity index is 608. The molecule has 5 heteroatoms. The third-order valence-electron chi connectivity index (χ3n) is 2.86. The molecule has 0 unspecified atom stereocenters. The van der Waals surface area contributed by atoms with Crippen LogP contribution in [0.4, 0.5) is 5.69 Å². The van der Waals surface area contributed by atoms with Crippen molar-refractivity contribution in [1.82, 2.24) is 0 Å². The van der Waals surface area contributed by atoms with Gasteiger partial charge in [-0.1, -0.05) is 18.2 Å².